The van der Waals surface area contributed by atoms with Crippen molar-refractivity contribution in [3.05, 3.63) is 18.0 Å². The minimum absolute atomic E-state index is 0.344. The van der Waals surface area contributed by atoms with Crippen LogP contribution in [0.15, 0.2) is 17.2 Å². The van der Waals surface area contributed by atoms with Crippen LogP contribution in [0.25, 0.3) is 0 Å². The van der Waals surface area contributed by atoms with Crippen molar-refractivity contribution in [1.29, 1.82) is 0 Å². The highest BCUT2D eigenvalue weighted by atomic mass is 32.2. The van der Waals surface area contributed by atoms with Crippen LogP contribution in [0.1, 0.15) is 19.0 Å². The molecule has 0 amide bonds. The van der Waals surface area contributed by atoms with Crippen molar-refractivity contribution in [2.45, 2.75) is 24.8 Å². The maximum Gasteiger partial charge on any atom is 0.244 e. The first kappa shape index (κ1) is 15.5. The highest BCUT2D eigenvalue weighted by Crippen LogP contribution is 2.19. The highest BCUT2D eigenvalue weighted by molar-refractivity contribution is 7.89. The summed E-state index contributed by atoms with van der Waals surface area (Å²) < 4.78 is 28.5. The molecule has 0 radical (unpaired) electrons. The minimum Gasteiger partial charge on any atom is -0.352 e. The van der Waals surface area contributed by atoms with Gasteiger partial charge in [-0.2, -0.15) is 4.31 Å². The first-order valence-electron chi connectivity index (χ1n) is 7.07. The molecule has 0 spiro atoms. The van der Waals surface area contributed by atoms with Gasteiger partial charge in [-0.05, 0) is 19.0 Å². The lowest BCUT2D eigenvalue weighted by atomic mass is 10.3. The van der Waals surface area contributed by atoms with Crippen molar-refractivity contribution >= 4 is 10.0 Å². The quantitative estimate of drug-likeness (QED) is 0.843. The molecule has 1 aromatic heterocycles. The molecular formula is C13H24N4O2S. The Morgan fingerprint density at radius 1 is 1.25 bits per heavy atom. The Hall–Kier alpha value is -0.890. The topological polar surface area (TPSA) is 71.6 Å². The Morgan fingerprint density at radius 2 is 1.90 bits per heavy atom. The molecule has 0 unspecified atom stereocenters. The van der Waals surface area contributed by atoms with Crippen LogP contribution < -0.4 is 5.73 Å². The van der Waals surface area contributed by atoms with E-state index in [1.165, 1.54) is 0 Å². The van der Waals surface area contributed by atoms with Crippen molar-refractivity contribution in [3.63, 3.8) is 0 Å². The van der Waals surface area contributed by atoms with E-state index in [1.54, 1.807) is 21.1 Å². The SMILES string of the molecule is CCCN1CCN(S(=O)(=O)c2cc(CN)n(C)c2)CC1. The summed E-state index contributed by atoms with van der Waals surface area (Å²) in [6.07, 6.45) is 2.75. The molecule has 0 aliphatic carbocycles. The monoisotopic (exact) mass is 300 g/mol. The second-order valence-electron chi connectivity index (χ2n) is 5.23. The van der Waals surface area contributed by atoms with Crippen LogP contribution in [0, 0.1) is 0 Å². The molecule has 2 rings (SSSR count). The Labute approximate surface area is 121 Å². The van der Waals surface area contributed by atoms with Gasteiger partial charge in [-0.25, -0.2) is 8.42 Å². The molecule has 0 bridgehead atoms. The third-order valence-corrected chi connectivity index (χ3v) is 5.66. The van der Waals surface area contributed by atoms with Gasteiger partial charge in [0.1, 0.15) is 4.90 Å². The van der Waals surface area contributed by atoms with Gasteiger partial charge < -0.3 is 15.2 Å². The average molecular weight is 300 g/mol. The van der Waals surface area contributed by atoms with Gasteiger partial charge in [-0.1, -0.05) is 6.92 Å². The molecule has 0 atom stereocenters. The minimum atomic E-state index is -3.38. The number of nitrogens with zero attached hydrogens (tertiary/aromatic N) is 3. The zero-order valence-electron chi connectivity index (χ0n) is 12.2. The molecule has 0 saturated carbocycles. The summed E-state index contributed by atoms with van der Waals surface area (Å²) in [7, 11) is -1.56. The van der Waals surface area contributed by atoms with E-state index in [1.807, 2.05) is 7.05 Å². The summed E-state index contributed by atoms with van der Waals surface area (Å²) in [6, 6.07) is 1.67. The number of hydrogen-bond donors (Lipinski definition) is 1. The third-order valence-electron chi connectivity index (χ3n) is 3.80. The van der Waals surface area contributed by atoms with Gasteiger partial charge in [0.2, 0.25) is 10.0 Å². The van der Waals surface area contributed by atoms with Crippen LogP contribution in [-0.2, 0) is 23.6 Å². The molecule has 114 valence electrons. The van der Waals surface area contributed by atoms with Crippen LogP contribution in [0.2, 0.25) is 0 Å². The predicted octanol–water partition coefficient (Wildman–Crippen LogP) is 0.200. The summed E-state index contributed by atoms with van der Waals surface area (Å²) in [4.78, 5) is 2.66. The Morgan fingerprint density at radius 3 is 2.40 bits per heavy atom. The maximum absolute atomic E-state index is 12.6. The highest BCUT2D eigenvalue weighted by Gasteiger charge is 2.29. The average Bonchev–Trinajstić information content (AvgIpc) is 2.82. The number of nitrogens with two attached hydrogens (primary N) is 1. The molecule has 1 fully saturated rings. The summed E-state index contributed by atoms with van der Waals surface area (Å²) in [6.45, 7) is 6.27. The van der Waals surface area contributed by atoms with Crippen LogP contribution in [-0.4, -0.2) is 54.9 Å². The van der Waals surface area contributed by atoms with Crippen LogP contribution in [0.5, 0.6) is 0 Å². The zero-order chi connectivity index (χ0) is 14.8. The van der Waals surface area contributed by atoms with Gasteiger partial charge in [0.25, 0.3) is 0 Å². The predicted molar refractivity (Wildman–Crippen MR) is 78.8 cm³/mol. The molecule has 6 nitrogen and oxygen atoms in total. The fourth-order valence-electron chi connectivity index (χ4n) is 2.58. The maximum atomic E-state index is 12.6. The van der Waals surface area contributed by atoms with Crippen molar-refractivity contribution in [2.24, 2.45) is 12.8 Å². The van der Waals surface area contributed by atoms with E-state index in [0.717, 1.165) is 31.7 Å². The second kappa shape index (κ2) is 6.26. The van der Waals surface area contributed by atoms with Gasteiger partial charge in [0, 0.05) is 51.7 Å². The molecular weight excluding hydrogens is 276 g/mol. The molecule has 20 heavy (non-hydrogen) atoms. The number of hydrogen-bond acceptors (Lipinski definition) is 4. The van der Waals surface area contributed by atoms with E-state index >= 15 is 0 Å². The molecule has 1 aliphatic heterocycles. The molecule has 1 saturated heterocycles. The smallest absolute Gasteiger partial charge is 0.244 e. The van der Waals surface area contributed by atoms with Crippen LogP contribution in [0.4, 0.5) is 0 Å². The van der Waals surface area contributed by atoms with Crippen molar-refractivity contribution in [3.8, 4) is 0 Å². The van der Waals surface area contributed by atoms with E-state index in [0.29, 0.717) is 24.5 Å². The van der Waals surface area contributed by atoms with Gasteiger partial charge in [0.05, 0.1) is 0 Å². The largest absolute Gasteiger partial charge is 0.352 e. The second-order valence-corrected chi connectivity index (χ2v) is 7.17. The van der Waals surface area contributed by atoms with Gasteiger partial charge >= 0.3 is 0 Å². The Kier molecular flexibility index (Phi) is 4.85. The number of rotatable bonds is 5. The summed E-state index contributed by atoms with van der Waals surface area (Å²) >= 11 is 0. The van der Waals surface area contributed by atoms with Crippen molar-refractivity contribution in [2.75, 3.05) is 32.7 Å². The van der Waals surface area contributed by atoms with E-state index in [2.05, 4.69) is 11.8 Å². The summed E-state index contributed by atoms with van der Waals surface area (Å²) in [5, 5.41) is 0. The van der Waals surface area contributed by atoms with E-state index in [9.17, 15) is 8.42 Å². The number of sulfonamides is 1. The number of piperazine rings is 1. The first-order valence-corrected chi connectivity index (χ1v) is 8.51. The Bertz CT molecular complexity index is 545. The number of aromatic nitrogens is 1. The van der Waals surface area contributed by atoms with E-state index in [-0.39, 0.29) is 0 Å². The lowest BCUT2D eigenvalue weighted by molar-refractivity contribution is 0.188. The first-order chi connectivity index (χ1) is 9.48. The Balaban J connectivity index is 2.11. The molecule has 2 N–H and O–H groups in total. The number of aryl methyl sites for hydroxylation is 1. The molecule has 1 aromatic rings. The fourth-order valence-corrected chi connectivity index (χ4v) is 4.10. The van der Waals surface area contributed by atoms with Gasteiger partial charge in [-0.15, -0.1) is 0 Å². The van der Waals surface area contributed by atoms with Crippen LogP contribution >= 0.6 is 0 Å². The van der Waals surface area contributed by atoms with Crippen LogP contribution in [0.3, 0.4) is 0 Å². The van der Waals surface area contributed by atoms with E-state index in [4.69, 9.17) is 5.73 Å². The molecule has 2 heterocycles. The standard InChI is InChI=1S/C13H24N4O2S/c1-3-4-16-5-7-17(8-6-16)20(18,19)13-9-12(10-14)15(2)11-13/h9,11H,3-8,10,14H2,1-2H3. The van der Waals surface area contributed by atoms with E-state index < -0.39 is 10.0 Å². The molecule has 7 heteroatoms. The lowest BCUT2D eigenvalue weighted by Crippen LogP contribution is -2.48. The fraction of sp³-hybridized carbons (Fsp3) is 0.692. The molecule has 1 aliphatic rings. The van der Waals surface area contributed by atoms with Crippen molar-refractivity contribution in [1.82, 2.24) is 13.8 Å². The lowest BCUT2D eigenvalue weighted by Gasteiger charge is -2.33. The summed E-state index contributed by atoms with van der Waals surface area (Å²) in [5.41, 5.74) is 6.43. The van der Waals surface area contributed by atoms with Crippen molar-refractivity contribution < 1.29 is 8.42 Å². The summed E-state index contributed by atoms with van der Waals surface area (Å²) in [5.74, 6) is 0. The zero-order valence-corrected chi connectivity index (χ0v) is 13.1. The van der Waals surface area contributed by atoms with Gasteiger partial charge in [0.15, 0.2) is 0 Å². The third kappa shape index (κ3) is 3.06. The van der Waals surface area contributed by atoms with Gasteiger partial charge in [-0.3, -0.25) is 0 Å². The normalized spacial score (nSPS) is 18.6. The molecule has 0 aromatic carbocycles.